The first-order valence-electron chi connectivity index (χ1n) is 7.38. The van der Waals surface area contributed by atoms with E-state index in [-0.39, 0.29) is 12.1 Å². The van der Waals surface area contributed by atoms with Gasteiger partial charge in [-0.3, -0.25) is 0 Å². The Morgan fingerprint density at radius 2 is 1.55 bits per heavy atom. The molecule has 0 atom stereocenters. The molecule has 4 nitrogen and oxygen atoms in total. The number of ether oxygens (including phenoxy) is 2. The van der Waals surface area contributed by atoms with Gasteiger partial charge in [0.15, 0.2) is 0 Å². The quantitative estimate of drug-likeness (QED) is 0.482. The zero-order chi connectivity index (χ0) is 16.2. The predicted molar refractivity (Wildman–Crippen MR) is 85.4 cm³/mol. The van der Waals surface area contributed by atoms with Crippen LogP contribution in [0.5, 0.6) is 5.75 Å². The van der Waals surface area contributed by atoms with Crippen LogP contribution in [0.2, 0.25) is 0 Å². The lowest BCUT2D eigenvalue weighted by molar-refractivity contribution is -0.144. The van der Waals surface area contributed by atoms with Crippen molar-refractivity contribution >= 4 is 11.9 Å². The number of benzene rings is 1. The Morgan fingerprint density at radius 3 is 2.09 bits per heavy atom. The van der Waals surface area contributed by atoms with Gasteiger partial charge in [0.25, 0.3) is 0 Å². The Bertz CT molecular complexity index is 487. The van der Waals surface area contributed by atoms with Crippen LogP contribution in [0.15, 0.2) is 55.6 Å². The molecule has 1 saturated carbocycles. The Labute approximate surface area is 131 Å². The molecule has 0 N–H and O–H groups in total. The van der Waals surface area contributed by atoms with Gasteiger partial charge in [-0.15, -0.1) is 0 Å². The van der Waals surface area contributed by atoms with Crippen molar-refractivity contribution in [2.75, 3.05) is 0 Å². The summed E-state index contributed by atoms with van der Waals surface area (Å²) in [5, 5.41) is 0. The number of carbonyl (C=O) groups excluding carboxylic acids is 2. The highest BCUT2D eigenvalue weighted by molar-refractivity contribution is 5.83. The number of carbonyl (C=O) groups is 2. The van der Waals surface area contributed by atoms with Crippen LogP contribution in [0.1, 0.15) is 32.1 Å². The molecule has 22 heavy (non-hydrogen) atoms. The van der Waals surface area contributed by atoms with E-state index in [1.54, 1.807) is 24.3 Å². The van der Waals surface area contributed by atoms with Crippen molar-refractivity contribution in [1.29, 1.82) is 0 Å². The summed E-state index contributed by atoms with van der Waals surface area (Å²) >= 11 is 0. The average Bonchev–Trinajstić information content (AvgIpc) is 2.57. The van der Waals surface area contributed by atoms with Crippen molar-refractivity contribution in [3.05, 3.63) is 55.6 Å². The van der Waals surface area contributed by atoms with Crippen molar-refractivity contribution in [1.82, 2.24) is 0 Å². The maximum atomic E-state index is 10.7. The lowest BCUT2D eigenvalue weighted by atomic mass is 9.98. The van der Waals surface area contributed by atoms with Crippen LogP contribution < -0.4 is 4.74 Å². The number of hydrogen-bond donors (Lipinski definition) is 0. The lowest BCUT2D eigenvalue weighted by Gasteiger charge is -2.20. The molecular weight excluding hydrogens is 280 g/mol. The summed E-state index contributed by atoms with van der Waals surface area (Å²) in [5.74, 6) is -0.175. The zero-order valence-electron chi connectivity index (χ0n) is 12.7. The summed E-state index contributed by atoms with van der Waals surface area (Å²) in [4.78, 5) is 21.4. The summed E-state index contributed by atoms with van der Waals surface area (Å²) in [7, 11) is 0. The second-order valence-corrected chi connectivity index (χ2v) is 4.84. The fourth-order valence-corrected chi connectivity index (χ4v) is 2.04. The molecule has 1 aliphatic rings. The van der Waals surface area contributed by atoms with E-state index in [9.17, 15) is 9.59 Å². The van der Waals surface area contributed by atoms with Crippen molar-refractivity contribution in [2.24, 2.45) is 0 Å². The zero-order valence-corrected chi connectivity index (χ0v) is 12.7. The molecule has 118 valence electrons. The molecule has 1 aromatic rings. The largest absolute Gasteiger partial charge is 0.459 e. The molecule has 2 rings (SSSR count). The fraction of sp³-hybridized carbons (Fsp3) is 0.333. The third-order valence-corrected chi connectivity index (χ3v) is 3.13. The van der Waals surface area contributed by atoms with Gasteiger partial charge in [0.05, 0.1) is 0 Å². The summed E-state index contributed by atoms with van der Waals surface area (Å²) < 4.78 is 9.89. The van der Waals surface area contributed by atoms with E-state index in [2.05, 4.69) is 13.2 Å². The van der Waals surface area contributed by atoms with E-state index in [0.717, 1.165) is 18.9 Å². The molecular formula is C18H22O4. The molecule has 0 bridgehead atoms. The van der Waals surface area contributed by atoms with Crippen LogP contribution in [0.4, 0.5) is 0 Å². The van der Waals surface area contributed by atoms with Crippen LogP contribution >= 0.6 is 0 Å². The third-order valence-electron chi connectivity index (χ3n) is 3.13. The number of para-hydroxylation sites is 1. The van der Waals surface area contributed by atoms with Gasteiger partial charge in [-0.2, -0.15) is 0 Å². The van der Waals surface area contributed by atoms with Gasteiger partial charge in [-0.25, -0.2) is 9.59 Å². The van der Waals surface area contributed by atoms with Crippen LogP contribution in [0, 0.1) is 0 Å². The first-order valence-corrected chi connectivity index (χ1v) is 7.38. The molecule has 0 saturated heterocycles. The summed E-state index contributed by atoms with van der Waals surface area (Å²) in [6, 6.07) is 8.87. The molecule has 1 aromatic carbocycles. The Kier molecular flexibility index (Phi) is 8.35. The molecule has 0 heterocycles. The van der Waals surface area contributed by atoms with E-state index in [0.29, 0.717) is 5.75 Å². The summed E-state index contributed by atoms with van der Waals surface area (Å²) in [6.45, 7) is 6.63. The van der Waals surface area contributed by atoms with Crippen molar-refractivity contribution in [3.8, 4) is 5.75 Å². The maximum absolute atomic E-state index is 10.7. The number of esters is 2. The van der Waals surface area contributed by atoms with Crippen molar-refractivity contribution in [2.45, 2.75) is 38.2 Å². The normalized spacial score (nSPS) is 14.0. The summed E-state index contributed by atoms with van der Waals surface area (Å²) in [5.41, 5.74) is 0. The molecule has 0 spiro atoms. The standard InChI is InChI=1S/C9H14O2.C9H8O2/c2*1-2-9(10)11-8-6-4-3-5-7-8/h2,8H,1,3-7H2;2-7H,1H2. The molecule has 0 unspecified atom stereocenters. The minimum Gasteiger partial charge on any atom is -0.459 e. The van der Waals surface area contributed by atoms with Crippen LogP contribution in [-0.4, -0.2) is 18.0 Å². The first-order chi connectivity index (χ1) is 10.7. The number of hydrogen-bond acceptors (Lipinski definition) is 4. The molecule has 1 fully saturated rings. The first kappa shape index (κ1) is 17.7. The number of rotatable bonds is 4. The third kappa shape index (κ3) is 7.43. The fourth-order valence-electron chi connectivity index (χ4n) is 2.04. The van der Waals surface area contributed by atoms with E-state index in [1.807, 2.05) is 6.07 Å². The second kappa shape index (κ2) is 10.4. The Balaban J connectivity index is 0.000000220. The molecule has 0 aliphatic heterocycles. The topological polar surface area (TPSA) is 52.6 Å². The van der Waals surface area contributed by atoms with E-state index >= 15 is 0 Å². The molecule has 0 radical (unpaired) electrons. The predicted octanol–water partition coefficient (Wildman–Crippen LogP) is 3.83. The average molecular weight is 302 g/mol. The highest BCUT2D eigenvalue weighted by Crippen LogP contribution is 2.20. The van der Waals surface area contributed by atoms with Crippen LogP contribution in [-0.2, 0) is 14.3 Å². The van der Waals surface area contributed by atoms with Gasteiger partial charge in [0.1, 0.15) is 11.9 Å². The smallest absolute Gasteiger partial charge is 0.335 e. The molecule has 1 aliphatic carbocycles. The Morgan fingerprint density at radius 1 is 0.955 bits per heavy atom. The van der Waals surface area contributed by atoms with Gasteiger partial charge < -0.3 is 9.47 Å². The van der Waals surface area contributed by atoms with Crippen LogP contribution in [0.3, 0.4) is 0 Å². The van der Waals surface area contributed by atoms with Crippen molar-refractivity contribution in [3.63, 3.8) is 0 Å². The molecule has 0 aromatic heterocycles. The van der Waals surface area contributed by atoms with Gasteiger partial charge >= 0.3 is 11.9 Å². The molecule has 0 amide bonds. The minimum absolute atomic E-state index is 0.161. The SMILES string of the molecule is C=CC(=O)OC1CCCCC1.C=CC(=O)Oc1ccccc1. The van der Waals surface area contributed by atoms with Gasteiger partial charge in [0, 0.05) is 12.2 Å². The maximum Gasteiger partial charge on any atom is 0.335 e. The monoisotopic (exact) mass is 302 g/mol. The van der Waals surface area contributed by atoms with Crippen molar-refractivity contribution < 1.29 is 19.1 Å². The van der Waals surface area contributed by atoms with Gasteiger partial charge in [-0.05, 0) is 37.8 Å². The highest BCUT2D eigenvalue weighted by atomic mass is 16.5. The Hall–Kier alpha value is -2.36. The van der Waals surface area contributed by atoms with E-state index < -0.39 is 5.97 Å². The second-order valence-electron chi connectivity index (χ2n) is 4.84. The van der Waals surface area contributed by atoms with Gasteiger partial charge in [0.2, 0.25) is 0 Å². The van der Waals surface area contributed by atoms with E-state index in [1.165, 1.54) is 25.3 Å². The molecule has 4 heteroatoms. The lowest BCUT2D eigenvalue weighted by Crippen LogP contribution is -2.19. The van der Waals surface area contributed by atoms with Gasteiger partial charge in [-0.1, -0.05) is 37.8 Å². The van der Waals surface area contributed by atoms with Crippen LogP contribution in [0.25, 0.3) is 0 Å². The highest BCUT2D eigenvalue weighted by Gasteiger charge is 2.15. The summed E-state index contributed by atoms with van der Waals surface area (Å²) in [6.07, 6.45) is 8.24. The minimum atomic E-state index is -0.434. The van der Waals surface area contributed by atoms with E-state index in [4.69, 9.17) is 9.47 Å².